The Morgan fingerprint density at radius 2 is 1.66 bits per heavy atom. The van der Waals surface area contributed by atoms with Crippen LogP contribution < -0.4 is 15.1 Å². The molecule has 1 amide bonds. The maximum Gasteiger partial charge on any atom is 0.234 e. The minimum Gasteiger partial charge on any atom is -0.371 e. The zero-order valence-corrected chi connectivity index (χ0v) is 16.8. The Bertz CT molecular complexity index is 808. The molecule has 2 heterocycles. The summed E-state index contributed by atoms with van der Waals surface area (Å²) in [4.78, 5) is 19.0. The minimum absolute atomic E-state index is 0.0857. The summed E-state index contributed by atoms with van der Waals surface area (Å²) in [5.41, 5.74) is 1.91. The average Bonchev–Trinajstić information content (AvgIpc) is 3.23. The fourth-order valence-corrected chi connectivity index (χ4v) is 4.24. The van der Waals surface area contributed by atoms with E-state index in [0.717, 1.165) is 52.2 Å². The fraction of sp³-hybridized carbons (Fsp3) is 0.435. The van der Waals surface area contributed by atoms with Crippen molar-refractivity contribution in [1.82, 2.24) is 10.2 Å². The third kappa shape index (κ3) is 5.07. The number of benzene rings is 2. The monoisotopic (exact) mass is 396 g/mol. The van der Waals surface area contributed by atoms with Crippen molar-refractivity contribution in [3.63, 3.8) is 0 Å². The molecule has 2 saturated heterocycles. The summed E-state index contributed by atoms with van der Waals surface area (Å²) in [6.45, 7) is 6.21. The Kier molecular flexibility index (Phi) is 6.30. The number of rotatable bonds is 6. The number of carbonyl (C=O) groups is 1. The van der Waals surface area contributed by atoms with E-state index >= 15 is 0 Å². The molecule has 2 aliphatic heterocycles. The van der Waals surface area contributed by atoms with Gasteiger partial charge in [0.1, 0.15) is 5.82 Å². The molecule has 0 spiro atoms. The maximum absolute atomic E-state index is 13.9. The van der Waals surface area contributed by atoms with Gasteiger partial charge >= 0.3 is 0 Å². The van der Waals surface area contributed by atoms with E-state index in [1.54, 1.807) is 6.07 Å². The largest absolute Gasteiger partial charge is 0.371 e. The van der Waals surface area contributed by atoms with Crippen molar-refractivity contribution in [2.24, 2.45) is 5.92 Å². The second-order valence-electron chi connectivity index (χ2n) is 7.95. The molecule has 29 heavy (non-hydrogen) atoms. The summed E-state index contributed by atoms with van der Waals surface area (Å²) in [5.74, 6) is 0.402. The van der Waals surface area contributed by atoms with Gasteiger partial charge < -0.3 is 15.1 Å². The molecule has 0 unspecified atom stereocenters. The van der Waals surface area contributed by atoms with Gasteiger partial charge in [-0.3, -0.25) is 9.69 Å². The Morgan fingerprint density at radius 3 is 2.41 bits per heavy atom. The molecule has 2 aromatic rings. The molecule has 0 radical (unpaired) electrons. The van der Waals surface area contributed by atoms with Crippen LogP contribution in [0.5, 0.6) is 0 Å². The lowest BCUT2D eigenvalue weighted by molar-refractivity contribution is -0.122. The van der Waals surface area contributed by atoms with Crippen LogP contribution in [0.1, 0.15) is 6.42 Å². The minimum atomic E-state index is -0.181. The van der Waals surface area contributed by atoms with Crippen LogP contribution in [0.3, 0.4) is 0 Å². The Hall–Kier alpha value is -2.60. The van der Waals surface area contributed by atoms with Gasteiger partial charge in [-0.05, 0) is 36.6 Å². The van der Waals surface area contributed by atoms with Crippen LogP contribution in [0.25, 0.3) is 0 Å². The van der Waals surface area contributed by atoms with Gasteiger partial charge in [-0.25, -0.2) is 4.39 Å². The number of nitrogens with zero attached hydrogens (tertiary/aromatic N) is 3. The van der Waals surface area contributed by atoms with E-state index < -0.39 is 0 Å². The summed E-state index contributed by atoms with van der Waals surface area (Å²) >= 11 is 0. The van der Waals surface area contributed by atoms with Crippen LogP contribution in [-0.4, -0.2) is 63.2 Å². The Balaban J connectivity index is 1.17. The van der Waals surface area contributed by atoms with Crippen LogP contribution in [0.2, 0.25) is 0 Å². The molecule has 4 rings (SSSR count). The van der Waals surface area contributed by atoms with Gasteiger partial charge in [0.05, 0.1) is 12.2 Å². The topological polar surface area (TPSA) is 38.8 Å². The van der Waals surface area contributed by atoms with E-state index in [-0.39, 0.29) is 11.7 Å². The van der Waals surface area contributed by atoms with Gasteiger partial charge in [-0.15, -0.1) is 0 Å². The molecular formula is C23H29FN4O. The lowest BCUT2D eigenvalue weighted by Gasteiger charge is -2.35. The summed E-state index contributed by atoms with van der Waals surface area (Å²) in [5, 5.41) is 3.12. The van der Waals surface area contributed by atoms with Gasteiger partial charge in [-0.1, -0.05) is 30.3 Å². The van der Waals surface area contributed by atoms with E-state index in [9.17, 15) is 9.18 Å². The second kappa shape index (κ2) is 9.27. The first kappa shape index (κ1) is 19.7. The number of hydrogen-bond acceptors (Lipinski definition) is 4. The van der Waals surface area contributed by atoms with Crippen molar-refractivity contribution in [1.29, 1.82) is 0 Å². The van der Waals surface area contributed by atoms with E-state index in [1.807, 2.05) is 18.2 Å². The fourth-order valence-electron chi connectivity index (χ4n) is 4.24. The van der Waals surface area contributed by atoms with Crippen molar-refractivity contribution >= 4 is 17.3 Å². The highest BCUT2D eigenvalue weighted by Gasteiger charge is 2.24. The zero-order valence-electron chi connectivity index (χ0n) is 16.8. The molecule has 1 atom stereocenters. The Labute approximate surface area is 172 Å². The van der Waals surface area contributed by atoms with Gasteiger partial charge in [0.25, 0.3) is 0 Å². The van der Waals surface area contributed by atoms with E-state index in [1.165, 1.54) is 11.8 Å². The molecule has 0 aliphatic carbocycles. The lowest BCUT2D eigenvalue weighted by atomic mass is 10.1. The second-order valence-corrected chi connectivity index (χ2v) is 7.95. The number of nitrogens with one attached hydrogen (secondary N) is 1. The number of para-hydroxylation sites is 2. The van der Waals surface area contributed by atoms with Crippen molar-refractivity contribution in [3.05, 3.63) is 60.4 Å². The van der Waals surface area contributed by atoms with Crippen LogP contribution in [-0.2, 0) is 4.79 Å². The Morgan fingerprint density at radius 1 is 0.931 bits per heavy atom. The first-order valence-corrected chi connectivity index (χ1v) is 10.5. The summed E-state index contributed by atoms with van der Waals surface area (Å²) in [7, 11) is 0. The highest BCUT2D eigenvalue weighted by molar-refractivity contribution is 5.78. The summed E-state index contributed by atoms with van der Waals surface area (Å²) in [6.07, 6.45) is 1.11. The highest BCUT2D eigenvalue weighted by atomic mass is 19.1. The molecule has 0 saturated carbocycles. The van der Waals surface area contributed by atoms with Crippen LogP contribution in [0.15, 0.2) is 54.6 Å². The molecule has 0 bridgehead atoms. The van der Waals surface area contributed by atoms with Crippen molar-refractivity contribution in [2.75, 3.05) is 62.2 Å². The molecule has 2 aromatic carbocycles. The number of halogens is 1. The molecule has 2 fully saturated rings. The number of anilines is 2. The van der Waals surface area contributed by atoms with E-state index in [4.69, 9.17) is 0 Å². The number of hydrogen-bond donors (Lipinski definition) is 1. The first-order valence-electron chi connectivity index (χ1n) is 10.5. The normalized spacial score (nSPS) is 20.1. The van der Waals surface area contributed by atoms with Gasteiger partial charge in [0, 0.05) is 51.5 Å². The zero-order chi connectivity index (χ0) is 20.1. The van der Waals surface area contributed by atoms with Gasteiger partial charge in [-0.2, -0.15) is 0 Å². The summed E-state index contributed by atoms with van der Waals surface area (Å²) < 4.78 is 13.9. The van der Waals surface area contributed by atoms with Gasteiger partial charge in [0.15, 0.2) is 0 Å². The predicted molar refractivity (Wildman–Crippen MR) is 115 cm³/mol. The van der Waals surface area contributed by atoms with Crippen molar-refractivity contribution in [2.45, 2.75) is 6.42 Å². The molecule has 6 heteroatoms. The molecule has 1 N–H and O–H groups in total. The maximum atomic E-state index is 13.9. The molecule has 0 aromatic heterocycles. The standard InChI is InChI=1S/C23H29FN4O/c24-21-8-4-5-9-22(21)27-14-12-26(13-15-27)18-23(29)25-16-19-10-11-28(17-19)20-6-2-1-3-7-20/h1-9,19H,10-18H2,(H,25,29)/t19-/m0/s1. The average molecular weight is 397 g/mol. The van der Waals surface area contributed by atoms with E-state index in [0.29, 0.717) is 18.2 Å². The first-order chi connectivity index (χ1) is 14.2. The molecule has 2 aliphatic rings. The van der Waals surface area contributed by atoms with Crippen molar-refractivity contribution in [3.8, 4) is 0 Å². The third-order valence-electron chi connectivity index (χ3n) is 5.93. The number of piperazine rings is 1. The summed E-state index contributed by atoms with van der Waals surface area (Å²) in [6, 6.07) is 17.3. The molecule has 5 nitrogen and oxygen atoms in total. The number of amides is 1. The van der Waals surface area contributed by atoms with Crippen LogP contribution in [0, 0.1) is 11.7 Å². The predicted octanol–water partition coefficient (Wildman–Crippen LogP) is 2.59. The smallest absolute Gasteiger partial charge is 0.234 e. The quantitative estimate of drug-likeness (QED) is 0.815. The molecule has 154 valence electrons. The highest BCUT2D eigenvalue weighted by Crippen LogP contribution is 2.23. The van der Waals surface area contributed by atoms with E-state index in [2.05, 4.69) is 44.3 Å². The lowest BCUT2D eigenvalue weighted by Crippen LogP contribution is -2.50. The molecular weight excluding hydrogens is 367 g/mol. The van der Waals surface area contributed by atoms with Crippen LogP contribution >= 0.6 is 0 Å². The van der Waals surface area contributed by atoms with Gasteiger partial charge in [0.2, 0.25) is 5.91 Å². The van der Waals surface area contributed by atoms with Crippen molar-refractivity contribution < 1.29 is 9.18 Å². The SMILES string of the molecule is O=C(CN1CCN(c2ccccc2F)CC1)NC[C@@H]1CCN(c2ccccc2)C1. The number of carbonyl (C=O) groups excluding carboxylic acids is 1. The van der Waals surface area contributed by atoms with Crippen LogP contribution in [0.4, 0.5) is 15.8 Å². The third-order valence-corrected chi connectivity index (χ3v) is 5.93.